The molecule has 1 unspecified atom stereocenters. The van der Waals surface area contributed by atoms with Crippen molar-refractivity contribution in [2.45, 2.75) is 17.4 Å². The molecule has 1 aromatic rings. The van der Waals surface area contributed by atoms with Gasteiger partial charge in [-0.2, -0.15) is 0 Å². The summed E-state index contributed by atoms with van der Waals surface area (Å²) >= 11 is 1.66. The van der Waals surface area contributed by atoms with Gasteiger partial charge in [-0.3, -0.25) is 0 Å². The first-order chi connectivity index (χ1) is 6.29. The Balaban J connectivity index is 2.91. The van der Waals surface area contributed by atoms with E-state index in [1.807, 2.05) is 30.5 Å². The van der Waals surface area contributed by atoms with E-state index in [1.54, 1.807) is 17.8 Å². The van der Waals surface area contributed by atoms with Crippen LogP contribution >= 0.6 is 11.8 Å². The van der Waals surface area contributed by atoms with Crippen molar-refractivity contribution in [1.82, 2.24) is 0 Å². The van der Waals surface area contributed by atoms with Crippen LogP contribution in [-0.2, 0) is 0 Å². The second-order valence-electron chi connectivity index (χ2n) is 2.78. The highest BCUT2D eigenvalue weighted by molar-refractivity contribution is 7.98. The molecule has 1 nitrogen and oxygen atoms in total. The molecule has 0 spiro atoms. The molecule has 0 aliphatic heterocycles. The van der Waals surface area contributed by atoms with Crippen molar-refractivity contribution >= 4 is 11.8 Å². The third-order valence-electron chi connectivity index (χ3n) is 1.89. The fourth-order valence-electron chi connectivity index (χ4n) is 1.23. The summed E-state index contributed by atoms with van der Waals surface area (Å²) in [6, 6.07) is 7.91. The maximum absolute atomic E-state index is 9.75. The van der Waals surface area contributed by atoms with Crippen LogP contribution in [0.1, 0.15) is 18.1 Å². The molecular formula is C11H14OS. The predicted molar refractivity (Wildman–Crippen MR) is 58.0 cm³/mol. The third-order valence-corrected chi connectivity index (χ3v) is 2.70. The molecule has 1 aromatic carbocycles. The highest BCUT2D eigenvalue weighted by atomic mass is 32.2. The van der Waals surface area contributed by atoms with E-state index >= 15 is 0 Å². The summed E-state index contributed by atoms with van der Waals surface area (Å²) in [4.78, 5) is 1.14. The summed E-state index contributed by atoms with van der Waals surface area (Å²) in [6.45, 7) is 3.61. The molecule has 0 aromatic heterocycles. The quantitative estimate of drug-likeness (QED) is 0.587. The largest absolute Gasteiger partial charge is 0.388 e. The standard InChI is InChI=1S/C11H14OS/c1-3-6-10(12)9-7-4-5-8-11(9)13-2/h3-5,7-8,10,12H,1,6H2,2H3. The van der Waals surface area contributed by atoms with Crippen LogP contribution in [-0.4, -0.2) is 11.4 Å². The number of thioether (sulfide) groups is 1. The van der Waals surface area contributed by atoms with Crippen molar-refractivity contribution in [1.29, 1.82) is 0 Å². The number of hydrogen-bond acceptors (Lipinski definition) is 2. The molecule has 0 aliphatic rings. The van der Waals surface area contributed by atoms with Crippen LogP contribution in [0.4, 0.5) is 0 Å². The summed E-state index contributed by atoms with van der Waals surface area (Å²) in [5, 5.41) is 9.75. The van der Waals surface area contributed by atoms with Gasteiger partial charge in [0.25, 0.3) is 0 Å². The Kier molecular flexibility index (Phi) is 4.06. The number of aliphatic hydroxyl groups is 1. The molecule has 1 N–H and O–H groups in total. The average molecular weight is 194 g/mol. The SMILES string of the molecule is C=CCC(O)c1ccccc1SC. The van der Waals surface area contributed by atoms with Crippen molar-refractivity contribution < 1.29 is 5.11 Å². The molecule has 0 radical (unpaired) electrons. The summed E-state index contributed by atoms with van der Waals surface area (Å²) < 4.78 is 0. The first kappa shape index (κ1) is 10.4. The van der Waals surface area contributed by atoms with Gasteiger partial charge >= 0.3 is 0 Å². The Bertz CT molecular complexity index is 283. The predicted octanol–water partition coefficient (Wildman–Crippen LogP) is 3.02. The van der Waals surface area contributed by atoms with Gasteiger partial charge in [-0.25, -0.2) is 0 Å². The van der Waals surface area contributed by atoms with Crippen LogP contribution in [0, 0.1) is 0 Å². The van der Waals surface area contributed by atoms with Crippen molar-refractivity contribution in [3.05, 3.63) is 42.5 Å². The van der Waals surface area contributed by atoms with Crippen LogP contribution in [0.15, 0.2) is 41.8 Å². The molecule has 0 aliphatic carbocycles. The summed E-state index contributed by atoms with van der Waals surface area (Å²) in [5.74, 6) is 0. The van der Waals surface area contributed by atoms with E-state index in [0.29, 0.717) is 6.42 Å². The molecule has 0 saturated heterocycles. The fraction of sp³-hybridized carbons (Fsp3) is 0.273. The molecule has 0 bridgehead atoms. The lowest BCUT2D eigenvalue weighted by molar-refractivity contribution is 0.179. The van der Waals surface area contributed by atoms with Gasteiger partial charge in [0.05, 0.1) is 6.10 Å². The highest BCUT2D eigenvalue weighted by Crippen LogP contribution is 2.27. The lowest BCUT2D eigenvalue weighted by atomic mass is 10.1. The van der Waals surface area contributed by atoms with E-state index in [2.05, 4.69) is 6.58 Å². The first-order valence-corrected chi connectivity index (χ1v) is 5.44. The zero-order valence-electron chi connectivity index (χ0n) is 7.73. The Hall–Kier alpha value is -0.730. The molecule has 2 heteroatoms. The lowest BCUT2D eigenvalue weighted by Gasteiger charge is -2.11. The molecule has 0 saturated carbocycles. The number of hydrogen-bond donors (Lipinski definition) is 1. The normalized spacial score (nSPS) is 12.5. The molecule has 13 heavy (non-hydrogen) atoms. The van der Waals surface area contributed by atoms with Gasteiger partial charge in [0.2, 0.25) is 0 Å². The third kappa shape index (κ3) is 2.61. The molecule has 0 fully saturated rings. The second-order valence-corrected chi connectivity index (χ2v) is 3.63. The van der Waals surface area contributed by atoms with E-state index < -0.39 is 6.10 Å². The van der Waals surface area contributed by atoms with Crippen LogP contribution in [0.2, 0.25) is 0 Å². The minimum Gasteiger partial charge on any atom is -0.388 e. The van der Waals surface area contributed by atoms with Crippen molar-refractivity contribution in [2.75, 3.05) is 6.26 Å². The summed E-state index contributed by atoms with van der Waals surface area (Å²) in [5.41, 5.74) is 0.995. The second kappa shape index (κ2) is 5.10. The topological polar surface area (TPSA) is 20.2 Å². The number of benzene rings is 1. The average Bonchev–Trinajstić information content (AvgIpc) is 2.18. The van der Waals surface area contributed by atoms with Crippen molar-refractivity contribution in [3.63, 3.8) is 0 Å². The van der Waals surface area contributed by atoms with Gasteiger partial charge in [0.1, 0.15) is 0 Å². The lowest BCUT2D eigenvalue weighted by Crippen LogP contribution is -1.97. The first-order valence-electron chi connectivity index (χ1n) is 4.21. The van der Waals surface area contributed by atoms with E-state index in [0.717, 1.165) is 10.5 Å². The van der Waals surface area contributed by atoms with Gasteiger partial charge in [-0.15, -0.1) is 18.3 Å². The van der Waals surface area contributed by atoms with E-state index in [9.17, 15) is 5.11 Å². The van der Waals surface area contributed by atoms with E-state index in [1.165, 1.54) is 0 Å². The van der Waals surface area contributed by atoms with Gasteiger partial charge < -0.3 is 5.11 Å². The van der Waals surface area contributed by atoms with E-state index in [-0.39, 0.29) is 0 Å². The van der Waals surface area contributed by atoms with Gasteiger partial charge in [0, 0.05) is 4.90 Å². The molecule has 1 rings (SSSR count). The number of rotatable bonds is 4. The molecule has 0 amide bonds. The Morgan fingerprint density at radius 2 is 2.23 bits per heavy atom. The zero-order chi connectivity index (χ0) is 9.68. The van der Waals surface area contributed by atoms with Crippen LogP contribution < -0.4 is 0 Å². The molecular weight excluding hydrogens is 180 g/mol. The monoisotopic (exact) mass is 194 g/mol. The van der Waals surface area contributed by atoms with Gasteiger partial charge in [-0.1, -0.05) is 24.3 Å². The minimum atomic E-state index is -0.416. The maximum Gasteiger partial charge on any atom is 0.0835 e. The smallest absolute Gasteiger partial charge is 0.0835 e. The fourth-order valence-corrected chi connectivity index (χ4v) is 1.88. The van der Waals surface area contributed by atoms with Crippen LogP contribution in [0.5, 0.6) is 0 Å². The highest BCUT2D eigenvalue weighted by Gasteiger charge is 2.08. The Labute approximate surface area is 83.5 Å². The summed E-state index contributed by atoms with van der Waals surface area (Å²) in [6.07, 6.45) is 3.94. The van der Waals surface area contributed by atoms with E-state index in [4.69, 9.17) is 0 Å². The van der Waals surface area contributed by atoms with Gasteiger partial charge in [-0.05, 0) is 24.3 Å². The van der Waals surface area contributed by atoms with Crippen LogP contribution in [0.3, 0.4) is 0 Å². The Morgan fingerprint density at radius 3 is 2.85 bits per heavy atom. The van der Waals surface area contributed by atoms with Gasteiger partial charge in [0.15, 0.2) is 0 Å². The van der Waals surface area contributed by atoms with Crippen molar-refractivity contribution in [3.8, 4) is 0 Å². The molecule has 0 heterocycles. The maximum atomic E-state index is 9.75. The molecule has 1 atom stereocenters. The van der Waals surface area contributed by atoms with Crippen LogP contribution in [0.25, 0.3) is 0 Å². The molecule has 70 valence electrons. The summed E-state index contributed by atoms with van der Waals surface area (Å²) in [7, 11) is 0. The minimum absolute atomic E-state index is 0.416. The number of aliphatic hydroxyl groups excluding tert-OH is 1. The van der Waals surface area contributed by atoms with Crippen molar-refractivity contribution in [2.24, 2.45) is 0 Å². The Morgan fingerprint density at radius 1 is 1.54 bits per heavy atom. The zero-order valence-corrected chi connectivity index (χ0v) is 8.55.